The second-order valence-corrected chi connectivity index (χ2v) is 8.68. The van der Waals surface area contributed by atoms with E-state index in [2.05, 4.69) is 28.9 Å². The summed E-state index contributed by atoms with van der Waals surface area (Å²) < 4.78 is 11.8. The molecule has 2 aromatic carbocycles. The summed E-state index contributed by atoms with van der Waals surface area (Å²) in [7, 11) is 0. The third-order valence-electron chi connectivity index (χ3n) is 6.41. The molecular weight excluding hydrogens is 388 g/mol. The average Bonchev–Trinajstić information content (AvgIpc) is 3.22. The van der Waals surface area contributed by atoms with Crippen LogP contribution in [-0.4, -0.2) is 67.6 Å². The summed E-state index contributed by atoms with van der Waals surface area (Å²) in [4.78, 5) is 17.5. The van der Waals surface area contributed by atoms with Gasteiger partial charge in [0.15, 0.2) is 5.78 Å². The number of carbonyl (C=O) groups excluding carboxylic acids is 1. The predicted octanol–water partition coefficient (Wildman–Crippen LogP) is 4.20. The van der Waals surface area contributed by atoms with Crippen molar-refractivity contribution in [3.05, 3.63) is 65.7 Å². The van der Waals surface area contributed by atoms with Crippen molar-refractivity contribution >= 4 is 5.78 Å². The van der Waals surface area contributed by atoms with Crippen LogP contribution in [0.25, 0.3) is 0 Å². The molecule has 0 unspecified atom stereocenters. The lowest BCUT2D eigenvalue weighted by Gasteiger charge is -2.32. The molecule has 0 N–H and O–H groups in total. The van der Waals surface area contributed by atoms with Crippen LogP contribution in [-0.2, 0) is 4.74 Å². The number of ether oxygens (including phenoxy) is 2. The maximum Gasteiger partial charge on any atom is 0.176 e. The molecule has 2 fully saturated rings. The van der Waals surface area contributed by atoms with Gasteiger partial charge in [0.05, 0.1) is 25.9 Å². The van der Waals surface area contributed by atoms with Gasteiger partial charge in [-0.1, -0.05) is 30.3 Å². The Morgan fingerprint density at radius 1 is 1.10 bits per heavy atom. The van der Waals surface area contributed by atoms with Gasteiger partial charge in [-0.3, -0.25) is 9.69 Å². The number of hydrogen-bond acceptors (Lipinski definition) is 5. The van der Waals surface area contributed by atoms with Crippen molar-refractivity contribution in [1.29, 1.82) is 0 Å². The SMILES string of the molecule is C[C@@H]1CCCN1CCCOc1ccc(C(=O)CN2CCO[C@@H](c3ccccc3)C2)cc1. The molecule has 0 radical (unpaired) electrons. The van der Waals surface area contributed by atoms with Gasteiger partial charge >= 0.3 is 0 Å². The van der Waals surface area contributed by atoms with Gasteiger partial charge in [0, 0.05) is 31.2 Å². The minimum absolute atomic E-state index is 0.0297. The largest absolute Gasteiger partial charge is 0.494 e. The molecule has 0 bridgehead atoms. The minimum Gasteiger partial charge on any atom is -0.494 e. The van der Waals surface area contributed by atoms with Gasteiger partial charge in [0.2, 0.25) is 0 Å². The summed E-state index contributed by atoms with van der Waals surface area (Å²) in [5.74, 6) is 0.977. The van der Waals surface area contributed by atoms with Crippen LogP contribution in [0.2, 0.25) is 0 Å². The lowest BCUT2D eigenvalue weighted by molar-refractivity contribution is -0.0275. The molecule has 0 aromatic heterocycles. The van der Waals surface area contributed by atoms with Crippen LogP contribution >= 0.6 is 0 Å². The molecular formula is C26H34N2O3. The van der Waals surface area contributed by atoms with Gasteiger partial charge in [-0.15, -0.1) is 0 Å². The van der Waals surface area contributed by atoms with Crippen molar-refractivity contribution in [2.45, 2.75) is 38.3 Å². The molecule has 0 aliphatic carbocycles. The number of likely N-dealkylation sites (tertiary alicyclic amines) is 1. The molecule has 2 saturated heterocycles. The van der Waals surface area contributed by atoms with Gasteiger partial charge < -0.3 is 14.4 Å². The molecule has 0 amide bonds. The molecule has 5 heteroatoms. The number of Topliss-reactive ketones (excluding diaryl/α,β-unsaturated/α-hetero) is 1. The predicted molar refractivity (Wildman–Crippen MR) is 123 cm³/mol. The van der Waals surface area contributed by atoms with E-state index in [1.54, 1.807) is 0 Å². The quantitative estimate of drug-likeness (QED) is 0.448. The Hall–Kier alpha value is -2.21. The summed E-state index contributed by atoms with van der Waals surface area (Å²) >= 11 is 0. The van der Waals surface area contributed by atoms with E-state index in [0.29, 0.717) is 25.8 Å². The number of morpholine rings is 1. The van der Waals surface area contributed by atoms with Gasteiger partial charge in [-0.25, -0.2) is 0 Å². The van der Waals surface area contributed by atoms with Crippen molar-refractivity contribution in [1.82, 2.24) is 9.80 Å². The van der Waals surface area contributed by atoms with E-state index in [0.717, 1.165) is 37.4 Å². The zero-order valence-electron chi connectivity index (χ0n) is 18.5. The van der Waals surface area contributed by atoms with E-state index in [1.165, 1.54) is 24.9 Å². The minimum atomic E-state index is 0.0297. The third kappa shape index (κ3) is 6.16. The van der Waals surface area contributed by atoms with Crippen LogP contribution in [0.3, 0.4) is 0 Å². The third-order valence-corrected chi connectivity index (χ3v) is 6.41. The normalized spacial score (nSPS) is 22.5. The zero-order valence-corrected chi connectivity index (χ0v) is 18.5. The monoisotopic (exact) mass is 422 g/mol. The second kappa shape index (κ2) is 10.9. The molecule has 0 saturated carbocycles. The first-order valence-corrected chi connectivity index (χ1v) is 11.6. The fourth-order valence-electron chi connectivity index (χ4n) is 4.53. The Morgan fingerprint density at radius 2 is 1.90 bits per heavy atom. The molecule has 2 aliphatic rings. The topological polar surface area (TPSA) is 42.0 Å². The van der Waals surface area contributed by atoms with Gasteiger partial charge in [0.25, 0.3) is 0 Å². The van der Waals surface area contributed by atoms with Crippen molar-refractivity contribution < 1.29 is 14.3 Å². The smallest absolute Gasteiger partial charge is 0.176 e. The number of benzene rings is 2. The van der Waals surface area contributed by atoms with E-state index >= 15 is 0 Å². The molecule has 166 valence electrons. The Morgan fingerprint density at radius 3 is 2.65 bits per heavy atom. The highest BCUT2D eigenvalue weighted by Crippen LogP contribution is 2.22. The molecule has 2 heterocycles. The summed E-state index contributed by atoms with van der Waals surface area (Å²) in [6.45, 7) is 7.93. The number of nitrogens with zero attached hydrogens (tertiary/aromatic N) is 2. The number of rotatable bonds is 9. The molecule has 4 rings (SSSR count). The Balaban J connectivity index is 1.21. The lowest BCUT2D eigenvalue weighted by atomic mass is 10.1. The molecule has 2 aromatic rings. The van der Waals surface area contributed by atoms with E-state index in [1.807, 2.05) is 42.5 Å². The first-order valence-electron chi connectivity index (χ1n) is 11.6. The maximum atomic E-state index is 12.8. The van der Waals surface area contributed by atoms with E-state index < -0.39 is 0 Å². The highest BCUT2D eigenvalue weighted by Gasteiger charge is 2.24. The van der Waals surface area contributed by atoms with Crippen molar-refractivity contribution in [3.8, 4) is 5.75 Å². The first-order chi connectivity index (χ1) is 15.2. The van der Waals surface area contributed by atoms with E-state index in [4.69, 9.17) is 9.47 Å². The van der Waals surface area contributed by atoms with E-state index in [9.17, 15) is 4.79 Å². The molecule has 5 nitrogen and oxygen atoms in total. The van der Waals surface area contributed by atoms with Crippen LogP contribution < -0.4 is 4.74 Å². The molecule has 2 atom stereocenters. The van der Waals surface area contributed by atoms with Gasteiger partial charge in [-0.2, -0.15) is 0 Å². The highest BCUT2D eigenvalue weighted by atomic mass is 16.5. The Labute approximate surface area is 185 Å². The number of hydrogen-bond donors (Lipinski definition) is 0. The Kier molecular flexibility index (Phi) is 7.73. The number of ketones is 1. The van der Waals surface area contributed by atoms with Gasteiger partial charge in [-0.05, 0) is 62.6 Å². The molecule has 31 heavy (non-hydrogen) atoms. The van der Waals surface area contributed by atoms with Crippen LogP contribution in [0, 0.1) is 0 Å². The molecule has 2 aliphatic heterocycles. The van der Waals surface area contributed by atoms with E-state index in [-0.39, 0.29) is 11.9 Å². The van der Waals surface area contributed by atoms with Crippen LogP contribution in [0.15, 0.2) is 54.6 Å². The van der Waals surface area contributed by atoms with Gasteiger partial charge in [0.1, 0.15) is 5.75 Å². The summed E-state index contributed by atoms with van der Waals surface area (Å²) in [5, 5.41) is 0. The zero-order chi connectivity index (χ0) is 21.5. The van der Waals surface area contributed by atoms with Crippen LogP contribution in [0.4, 0.5) is 0 Å². The van der Waals surface area contributed by atoms with Crippen LogP contribution in [0.5, 0.6) is 5.75 Å². The average molecular weight is 423 g/mol. The second-order valence-electron chi connectivity index (χ2n) is 8.68. The standard InChI is InChI=1S/C26H34N2O3/c1-21-7-5-14-28(21)15-6-17-30-24-12-10-22(11-13-24)25(29)19-27-16-18-31-26(20-27)23-8-3-2-4-9-23/h2-4,8-13,21,26H,5-7,14-20H2,1H3/t21-,26-/m1/s1. The maximum absolute atomic E-state index is 12.8. The van der Waals surface area contributed by atoms with Crippen molar-refractivity contribution in [2.24, 2.45) is 0 Å². The first kappa shape index (κ1) is 22.0. The fraction of sp³-hybridized carbons (Fsp3) is 0.500. The summed E-state index contributed by atoms with van der Waals surface area (Å²) in [6.07, 6.45) is 3.69. The van der Waals surface area contributed by atoms with Crippen LogP contribution in [0.1, 0.15) is 48.2 Å². The van der Waals surface area contributed by atoms with Crippen molar-refractivity contribution in [3.63, 3.8) is 0 Å². The Bertz CT molecular complexity index is 824. The summed E-state index contributed by atoms with van der Waals surface area (Å²) in [6, 6.07) is 18.5. The fourth-order valence-corrected chi connectivity index (χ4v) is 4.53. The number of carbonyl (C=O) groups is 1. The highest BCUT2D eigenvalue weighted by molar-refractivity contribution is 5.97. The van der Waals surface area contributed by atoms with Crippen molar-refractivity contribution in [2.75, 3.05) is 45.9 Å². The molecule has 0 spiro atoms. The summed E-state index contributed by atoms with van der Waals surface area (Å²) in [5.41, 5.74) is 1.90. The lowest BCUT2D eigenvalue weighted by Crippen LogP contribution is -2.41.